The molecule has 1 N–H and O–H groups in total. The molecule has 0 saturated carbocycles. The lowest BCUT2D eigenvalue weighted by molar-refractivity contribution is -0.117. The van der Waals surface area contributed by atoms with E-state index in [1.54, 1.807) is 31.9 Å². The minimum absolute atomic E-state index is 0.0523. The summed E-state index contributed by atoms with van der Waals surface area (Å²) in [6.07, 6.45) is 0.243. The van der Waals surface area contributed by atoms with Crippen LogP contribution in [0.15, 0.2) is 28.8 Å². The first-order chi connectivity index (χ1) is 11.5. The van der Waals surface area contributed by atoms with E-state index >= 15 is 0 Å². The predicted octanol–water partition coefficient (Wildman–Crippen LogP) is 1.84. The largest absolute Gasteiger partial charge is 0.495 e. The number of rotatable bonds is 4. The Morgan fingerprint density at radius 1 is 1.38 bits per heavy atom. The van der Waals surface area contributed by atoms with E-state index < -0.39 is 0 Å². The summed E-state index contributed by atoms with van der Waals surface area (Å²) < 4.78 is 10.3. The van der Waals surface area contributed by atoms with Gasteiger partial charge < -0.3 is 19.5 Å². The minimum Gasteiger partial charge on any atom is -0.495 e. The average molecular weight is 329 g/mol. The monoisotopic (exact) mass is 329 g/mol. The second kappa shape index (κ2) is 6.35. The van der Waals surface area contributed by atoms with Gasteiger partial charge in [0.25, 0.3) is 5.91 Å². The van der Waals surface area contributed by atoms with Gasteiger partial charge in [0.2, 0.25) is 5.91 Å². The second-order valence-electron chi connectivity index (χ2n) is 5.75. The van der Waals surface area contributed by atoms with E-state index in [9.17, 15) is 9.59 Å². The van der Waals surface area contributed by atoms with E-state index in [1.165, 1.54) is 0 Å². The van der Waals surface area contributed by atoms with Crippen LogP contribution in [0.25, 0.3) is 0 Å². The first-order valence-electron chi connectivity index (χ1n) is 7.68. The Kier molecular flexibility index (Phi) is 4.24. The average Bonchev–Trinajstić information content (AvgIpc) is 3.09. The summed E-state index contributed by atoms with van der Waals surface area (Å²) >= 11 is 0. The topological polar surface area (TPSA) is 84.7 Å². The van der Waals surface area contributed by atoms with Gasteiger partial charge in [0.05, 0.1) is 24.5 Å². The Morgan fingerprint density at radius 3 is 2.79 bits per heavy atom. The lowest BCUT2D eigenvalue weighted by Crippen LogP contribution is -2.37. The number of carbonyl (C=O) groups is 2. The number of anilines is 1. The number of carbonyl (C=O) groups excluding carboxylic acids is 2. The van der Waals surface area contributed by atoms with Crippen LogP contribution < -0.4 is 15.0 Å². The molecule has 0 radical (unpaired) electrons. The number of hydrogen-bond donors (Lipinski definition) is 1. The van der Waals surface area contributed by atoms with Crippen molar-refractivity contribution in [2.45, 2.75) is 26.3 Å². The van der Waals surface area contributed by atoms with Gasteiger partial charge in [-0.3, -0.25) is 9.59 Å². The third-order valence-electron chi connectivity index (χ3n) is 4.10. The zero-order chi connectivity index (χ0) is 17.3. The molecular weight excluding hydrogens is 310 g/mol. The first-order valence-corrected chi connectivity index (χ1v) is 7.68. The molecule has 1 aromatic carbocycles. The van der Waals surface area contributed by atoms with Crippen LogP contribution in [0.2, 0.25) is 0 Å². The molecule has 0 aliphatic carbocycles. The highest BCUT2D eigenvalue weighted by Gasteiger charge is 2.33. The van der Waals surface area contributed by atoms with E-state index in [0.29, 0.717) is 35.0 Å². The lowest BCUT2D eigenvalue weighted by Gasteiger charge is -2.19. The van der Waals surface area contributed by atoms with E-state index in [0.717, 1.165) is 0 Å². The molecule has 2 heterocycles. The molecule has 0 unspecified atom stereocenters. The Labute approximate surface area is 139 Å². The van der Waals surface area contributed by atoms with Gasteiger partial charge in [-0.25, -0.2) is 0 Å². The van der Waals surface area contributed by atoms with E-state index in [-0.39, 0.29) is 24.3 Å². The highest BCUT2D eigenvalue weighted by Crippen LogP contribution is 2.31. The van der Waals surface area contributed by atoms with Gasteiger partial charge in [0.15, 0.2) is 0 Å². The van der Waals surface area contributed by atoms with Crippen LogP contribution in [-0.2, 0) is 4.79 Å². The fraction of sp³-hybridized carbons (Fsp3) is 0.353. The second-order valence-corrected chi connectivity index (χ2v) is 5.75. The summed E-state index contributed by atoms with van der Waals surface area (Å²) in [5.74, 6) is 0.772. The number of aromatic nitrogens is 1. The van der Waals surface area contributed by atoms with E-state index in [2.05, 4.69) is 10.5 Å². The number of methoxy groups -OCH3 is 1. The number of ether oxygens (including phenoxy) is 1. The van der Waals surface area contributed by atoms with Crippen LogP contribution in [0.1, 0.15) is 28.2 Å². The van der Waals surface area contributed by atoms with Gasteiger partial charge in [-0.2, -0.15) is 0 Å². The number of nitrogens with zero attached hydrogens (tertiary/aromatic N) is 2. The third-order valence-corrected chi connectivity index (χ3v) is 4.10. The molecule has 1 fully saturated rings. The van der Waals surface area contributed by atoms with Crippen molar-refractivity contribution in [3.05, 3.63) is 41.3 Å². The maximum absolute atomic E-state index is 12.4. The summed E-state index contributed by atoms with van der Waals surface area (Å²) in [7, 11) is 1.57. The number of para-hydroxylation sites is 2. The molecular formula is C17H19N3O4. The highest BCUT2D eigenvalue weighted by molar-refractivity contribution is 6.00. The van der Waals surface area contributed by atoms with Crippen molar-refractivity contribution in [2.24, 2.45) is 0 Å². The predicted molar refractivity (Wildman–Crippen MR) is 87.2 cm³/mol. The van der Waals surface area contributed by atoms with Gasteiger partial charge >= 0.3 is 0 Å². The van der Waals surface area contributed by atoms with Gasteiger partial charge in [-0.1, -0.05) is 17.3 Å². The molecule has 1 aliphatic rings. The van der Waals surface area contributed by atoms with Crippen LogP contribution in [0.5, 0.6) is 5.75 Å². The Hall–Kier alpha value is -2.83. The first kappa shape index (κ1) is 16.0. The fourth-order valence-electron chi connectivity index (χ4n) is 2.95. The molecule has 2 amide bonds. The molecule has 24 heavy (non-hydrogen) atoms. The SMILES string of the molecule is COc1ccccc1N1C[C@@H](NC(=O)c2c(C)noc2C)CC1=O. The van der Waals surface area contributed by atoms with Crippen LogP contribution in [0.3, 0.4) is 0 Å². The van der Waals surface area contributed by atoms with Crippen molar-refractivity contribution in [3.63, 3.8) is 0 Å². The molecule has 1 saturated heterocycles. The number of hydrogen-bond acceptors (Lipinski definition) is 5. The molecule has 7 nitrogen and oxygen atoms in total. The number of aryl methyl sites for hydroxylation is 2. The highest BCUT2D eigenvalue weighted by atomic mass is 16.5. The van der Waals surface area contributed by atoms with Gasteiger partial charge in [0.1, 0.15) is 17.1 Å². The standard InChI is InChI=1S/C17H19N3O4/c1-10-16(11(2)24-19-10)17(22)18-12-8-15(21)20(9-12)13-6-4-5-7-14(13)23-3/h4-7,12H,8-9H2,1-3H3,(H,18,22)/t12-/m0/s1. The van der Waals surface area contributed by atoms with Crippen molar-refractivity contribution < 1.29 is 18.8 Å². The molecule has 1 atom stereocenters. The van der Waals surface area contributed by atoms with Crippen LogP contribution >= 0.6 is 0 Å². The summed E-state index contributed by atoms with van der Waals surface area (Å²) in [4.78, 5) is 26.4. The van der Waals surface area contributed by atoms with Gasteiger partial charge in [-0.05, 0) is 26.0 Å². The lowest BCUT2D eigenvalue weighted by atomic mass is 10.1. The fourth-order valence-corrected chi connectivity index (χ4v) is 2.95. The van der Waals surface area contributed by atoms with E-state index in [1.807, 2.05) is 18.2 Å². The molecule has 0 spiro atoms. The number of amides is 2. The molecule has 7 heteroatoms. The van der Waals surface area contributed by atoms with Crippen molar-refractivity contribution in [3.8, 4) is 5.75 Å². The van der Waals surface area contributed by atoms with Crippen LogP contribution in [0, 0.1) is 13.8 Å². The van der Waals surface area contributed by atoms with Gasteiger partial charge in [0, 0.05) is 13.0 Å². The molecule has 126 valence electrons. The number of nitrogens with one attached hydrogen (secondary N) is 1. The van der Waals surface area contributed by atoms with Crippen LogP contribution in [-0.4, -0.2) is 36.7 Å². The molecule has 0 bridgehead atoms. The Bertz CT molecular complexity index is 764. The summed E-state index contributed by atoms with van der Waals surface area (Å²) in [6.45, 7) is 3.80. The normalized spacial score (nSPS) is 17.2. The smallest absolute Gasteiger partial charge is 0.257 e. The minimum atomic E-state index is -0.274. The zero-order valence-corrected chi connectivity index (χ0v) is 13.8. The Balaban J connectivity index is 1.74. The molecule has 3 rings (SSSR count). The van der Waals surface area contributed by atoms with Crippen LogP contribution in [0.4, 0.5) is 5.69 Å². The summed E-state index contributed by atoms with van der Waals surface area (Å²) in [6, 6.07) is 7.05. The molecule has 1 aliphatic heterocycles. The molecule has 1 aromatic heterocycles. The quantitative estimate of drug-likeness (QED) is 0.925. The van der Waals surface area contributed by atoms with Crippen molar-refractivity contribution in [1.29, 1.82) is 0 Å². The van der Waals surface area contributed by atoms with Crippen molar-refractivity contribution >= 4 is 17.5 Å². The van der Waals surface area contributed by atoms with Crippen molar-refractivity contribution in [1.82, 2.24) is 10.5 Å². The summed E-state index contributed by atoms with van der Waals surface area (Å²) in [5, 5.41) is 6.67. The number of benzene rings is 1. The maximum Gasteiger partial charge on any atom is 0.257 e. The Morgan fingerprint density at radius 2 is 2.12 bits per heavy atom. The van der Waals surface area contributed by atoms with E-state index in [4.69, 9.17) is 9.26 Å². The van der Waals surface area contributed by atoms with Crippen molar-refractivity contribution in [2.75, 3.05) is 18.6 Å². The zero-order valence-electron chi connectivity index (χ0n) is 13.8. The maximum atomic E-state index is 12.4. The summed E-state index contributed by atoms with van der Waals surface area (Å²) in [5.41, 5.74) is 1.67. The molecule has 2 aromatic rings. The third kappa shape index (κ3) is 2.84. The van der Waals surface area contributed by atoms with Gasteiger partial charge in [-0.15, -0.1) is 0 Å².